The number of carbonyl (C=O) groups excluding carboxylic acids is 1. The van der Waals surface area contributed by atoms with Crippen molar-refractivity contribution in [2.45, 2.75) is 0 Å². The molecule has 0 spiro atoms. The van der Waals surface area contributed by atoms with Crippen LogP contribution in [-0.2, 0) is 0 Å². The van der Waals surface area contributed by atoms with Crippen LogP contribution in [0.4, 0.5) is 8.78 Å². The Morgan fingerprint density at radius 1 is 1.11 bits per heavy atom. The third-order valence-electron chi connectivity index (χ3n) is 2.40. The van der Waals surface area contributed by atoms with Gasteiger partial charge in [0.25, 0.3) is 0 Å². The fraction of sp³-hybridized carbons (Fsp3) is 0.0714. The molecule has 2 nitrogen and oxygen atoms in total. The second-order valence-corrected chi connectivity index (χ2v) is 4.65. The monoisotopic (exact) mass is 326 g/mol. The van der Waals surface area contributed by atoms with Crippen molar-refractivity contribution in [3.8, 4) is 5.75 Å². The normalized spacial score (nSPS) is 10.3. The molecule has 0 N–H and O–H groups in total. The molecule has 0 aliphatic carbocycles. The minimum absolute atomic E-state index is 0.234. The molecule has 0 radical (unpaired) electrons. The van der Waals surface area contributed by atoms with Gasteiger partial charge in [-0.25, -0.2) is 8.78 Å². The molecule has 0 aliphatic rings. The standard InChI is InChI=1S/C14H9BrF2O2/c15-12-7-11(17)4-5-14(12)19-8-13(18)9-2-1-3-10(16)6-9/h1-7H,8H2. The van der Waals surface area contributed by atoms with E-state index >= 15 is 0 Å². The maximum atomic E-state index is 13.0. The smallest absolute Gasteiger partial charge is 0.200 e. The van der Waals surface area contributed by atoms with Gasteiger partial charge >= 0.3 is 0 Å². The first-order chi connectivity index (χ1) is 9.06. The molecule has 2 aromatic carbocycles. The van der Waals surface area contributed by atoms with Gasteiger partial charge in [0.2, 0.25) is 0 Å². The Kier molecular flexibility index (Phi) is 4.27. The highest BCUT2D eigenvalue weighted by molar-refractivity contribution is 9.10. The molecule has 5 heteroatoms. The molecule has 0 aromatic heterocycles. The SMILES string of the molecule is O=C(COc1ccc(F)cc1Br)c1cccc(F)c1. The van der Waals surface area contributed by atoms with Crippen molar-refractivity contribution in [3.05, 3.63) is 64.1 Å². The van der Waals surface area contributed by atoms with Crippen LogP contribution in [0.2, 0.25) is 0 Å². The molecule has 0 heterocycles. The maximum absolute atomic E-state index is 13.0. The Morgan fingerprint density at radius 2 is 1.84 bits per heavy atom. The summed E-state index contributed by atoms with van der Waals surface area (Å²) < 4.78 is 31.5. The largest absolute Gasteiger partial charge is 0.484 e. The predicted molar refractivity (Wildman–Crippen MR) is 70.3 cm³/mol. The third kappa shape index (κ3) is 3.61. The second kappa shape index (κ2) is 5.93. The first kappa shape index (κ1) is 13.7. The van der Waals surface area contributed by atoms with Crippen LogP contribution in [0.15, 0.2) is 46.9 Å². The van der Waals surface area contributed by atoms with E-state index in [0.29, 0.717) is 10.2 Å². The van der Waals surface area contributed by atoms with Crippen LogP contribution in [0, 0.1) is 11.6 Å². The average molecular weight is 327 g/mol. The Hall–Kier alpha value is -1.75. The van der Waals surface area contributed by atoms with Gasteiger partial charge < -0.3 is 4.74 Å². The minimum Gasteiger partial charge on any atom is -0.484 e. The van der Waals surface area contributed by atoms with Gasteiger partial charge in [-0.2, -0.15) is 0 Å². The second-order valence-electron chi connectivity index (χ2n) is 3.80. The van der Waals surface area contributed by atoms with E-state index in [1.165, 1.54) is 36.4 Å². The van der Waals surface area contributed by atoms with Gasteiger partial charge in [-0.3, -0.25) is 4.79 Å². The van der Waals surface area contributed by atoms with Crippen molar-refractivity contribution in [2.75, 3.05) is 6.61 Å². The molecule has 0 aliphatic heterocycles. The summed E-state index contributed by atoms with van der Waals surface area (Å²) in [6.07, 6.45) is 0. The fourth-order valence-electron chi connectivity index (χ4n) is 1.48. The lowest BCUT2D eigenvalue weighted by atomic mass is 10.1. The third-order valence-corrected chi connectivity index (χ3v) is 3.02. The highest BCUT2D eigenvalue weighted by Gasteiger charge is 2.09. The molecular weight excluding hydrogens is 318 g/mol. The van der Waals surface area contributed by atoms with Crippen LogP contribution in [0.1, 0.15) is 10.4 Å². The molecule has 0 saturated heterocycles. The van der Waals surface area contributed by atoms with E-state index < -0.39 is 11.6 Å². The number of benzene rings is 2. The van der Waals surface area contributed by atoms with Crippen molar-refractivity contribution >= 4 is 21.7 Å². The molecule has 0 unspecified atom stereocenters. The summed E-state index contributed by atoms with van der Waals surface area (Å²) in [5.74, 6) is -0.883. The predicted octanol–water partition coefficient (Wildman–Crippen LogP) is 3.99. The van der Waals surface area contributed by atoms with Crippen molar-refractivity contribution < 1.29 is 18.3 Å². The fourth-order valence-corrected chi connectivity index (χ4v) is 1.95. The van der Waals surface area contributed by atoms with Gasteiger partial charge in [-0.1, -0.05) is 12.1 Å². The van der Waals surface area contributed by atoms with Gasteiger partial charge in [-0.15, -0.1) is 0 Å². The van der Waals surface area contributed by atoms with Gasteiger partial charge in [0.15, 0.2) is 12.4 Å². The number of hydrogen-bond donors (Lipinski definition) is 0. The molecule has 2 aromatic rings. The molecule has 0 fully saturated rings. The Bertz CT molecular complexity index is 614. The zero-order valence-corrected chi connectivity index (χ0v) is 11.3. The Morgan fingerprint density at radius 3 is 2.53 bits per heavy atom. The summed E-state index contributed by atoms with van der Waals surface area (Å²) in [5.41, 5.74) is 0.234. The molecular formula is C14H9BrF2O2. The van der Waals surface area contributed by atoms with E-state index in [1.807, 2.05) is 0 Å². The molecule has 0 atom stereocenters. The van der Waals surface area contributed by atoms with Crippen molar-refractivity contribution in [2.24, 2.45) is 0 Å². The molecule has 2 rings (SSSR count). The Labute approximate surface area is 117 Å². The number of rotatable bonds is 4. The summed E-state index contributed by atoms with van der Waals surface area (Å²) in [6, 6.07) is 9.25. The lowest BCUT2D eigenvalue weighted by Crippen LogP contribution is -2.12. The van der Waals surface area contributed by atoms with Crippen LogP contribution in [-0.4, -0.2) is 12.4 Å². The van der Waals surface area contributed by atoms with Gasteiger partial charge in [0, 0.05) is 5.56 Å². The average Bonchev–Trinajstić information content (AvgIpc) is 2.37. The lowest BCUT2D eigenvalue weighted by molar-refractivity contribution is 0.0920. The first-order valence-corrected chi connectivity index (χ1v) is 6.22. The molecule has 98 valence electrons. The number of carbonyl (C=O) groups is 1. The quantitative estimate of drug-likeness (QED) is 0.794. The van der Waals surface area contributed by atoms with Crippen LogP contribution < -0.4 is 4.74 Å². The lowest BCUT2D eigenvalue weighted by Gasteiger charge is -2.07. The zero-order valence-electron chi connectivity index (χ0n) is 9.70. The Balaban J connectivity index is 2.04. The number of ether oxygens (including phenoxy) is 1. The number of halogens is 3. The maximum Gasteiger partial charge on any atom is 0.200 e. The topological polar surface area (TPSA) is 26.3 Å². The van der Waals surface area contributed by atoms with E-state index in [2.05, 4.69) is 15.9 Å². The van der Waals surface area contributed by atoms with Gasteiger partial charge in [0.1, 0.15) is 17.4 Å². The van der Waals surface area contributed by atoms with Crippen LogP contribution in [0.3, 0.4) is 0 Å². The molecule has 19 heavy (non-hydrogen) atoms. The van der Waals surface area contributed by atoms with Crippen LogP contribution in [0.5, 0.6) is 5.75 Å². The van der Waals surface area contributed by atoms with E-state index in [0.717, 1.165) is 6.07 Å². The van der Waals surface area contributed by atoms with E-state index in [9.17, 15) is 13.6 Å². The van der Waals surface area contributed by atoms with E-state index in [-0.39, 0.29) is 18.0 Å². The van der Waals surface area contributed by atoms with Gasteiger partial charge in [0.05, 0.1) is 4.47 Å². The number of ketones is 1. The summed E-state index contributed by atoms with van der Waals surface area (Å²) in [7, 11) is 0. The molecule has 0 saturated carbocycles. The van der Waals surface area contributed by atoms with Crippen LogP contribution >= 0.6 is 15.9 Å². The molecule has 0 bridgehead atoms. The summed E-state index contributed by atoms with van der Waals surface area (Å²) in [4.78, 5) is 11.8. The van der Waals surface area contributed by atoms with Crippen molar-refractivity contribution in [3.63, 3.8) is 0 Å². The first-order valence-electron chi connectivity index (χ1n) is 5.43. The van der Waals surface area contributed by atoms with Crippen molar-refractivity contribution in [1.82, 2.24) is 0 Å². The minimum atomic E-state index is -0.478. The van der Waals surface area contributed by atoms with Crippen molar-refractivity contribution in [1.29, 1.82) is 0 Å². The highest BCUT2D eigenvalue weighted by atomic mass is 79.9. The number of hydrogen-bond acceptors (Lipinski definition) is 2. The number of Topliss-reactive ketones (excluding diaryl/α,β-unsaturated/α-hetero) is 1. The van der Waals surface area contributed by atoms with E-state index in [1.54, 1.807) is 0 Å². The van der Waals surface area contributed by atoms with Crippen LogP contribution in [0.25, 0.3) is 0 Å². The van der Waals surface area contributed by atoms with E-state index in [4.69, 9.17) is 4.74 Å². The summed E-state index contributed by atoms with van der Waals surface area (Å²) in [6.45, 7) is -0.242. The highest BCUT2D eigenvalue weighted by Crippen LogP contribution is 2.25. The molecule has 0 amide bonds. The summed E-state index contributed by atoms with van der Waals surface area (Å²) in [5, 5.41) is 0. The summed E-state index contributed by atoms with van der Waals surface area (Å²) >= 11 is 3.13. The van der Waals surface area contributed by atoms with Gasteiger partial charge in [-0.05, 0) is 46.3 Å². The zero-order chi connectivity index (χ0) is 13.8.